The molecular formula is C80H134O4. The predicted octanol–water partition coefficient (Wildman–Crippen LogP) is 26.5. The molecule has 0 N–H and O–H groups in total. The zero-order valence-electron chi connectivity index (χ0n) is 56.8. The molecule has 0 amide bonds. The van der Waals surface area contributed by atoms with Gasteiger partial charge in [-0.25, -0.2) is 0 Å². The number of hydrogen-bond donors (Lipinski definition) is 0. The maximum absolute atomic E-state index is 6.76. The largest absolute Gasteiger partial charge is 0.493 e. The molecule has 0 aliphatic rings. The number of benzene rings is 3. The van der Waals surface area contributed by atoms with E-state index in [0.29, 0.717) is 0 Å². The van der Waals surface area contributed by atoms with E-state index in [1.807, 2.05) is 0 Å². The maximum atomic E-state index is 6.76. The molecule has 0 spiro atoms. The van der Waals surface area contributed by atoms with Gasteiger partial charge in [0.2, 0.25) is 0 Å². The molecule has 84 heavy (non-hydrogen) atoms. The molecule has 0 saturated carbocycles. The van der Waals surface area contributed by atoms with E-state index in [-0.39, 0.29) is 0 Å². The molecule has 0 fully saturated rings. The van der Waals surface area contributed by atoms with Gasteiger partial charge in [-0.2, -0.15) is 0 Å². The summed E-state index contributed by atoms with van der Waals surface area (Å²) in [5, 5.41) is 0. The fraction of sp³-hybridized carbons (Fsp3) is 0.725. The average molecular weight is 1160 g/mol. The Kier molecular flexibility index (Phi) is 46.6. The van der Waals surface area contributed by atoms with Gasteiger partial charge < -0.3 is 18.9 Å². The van der Waals surface area contributed by atoms with Crippen molar-refractivity contribution in [2.24, 2.45) is 0 Å². The standard InChI is InChI=1S/C80H134O4/c1-9-15-21-27-33-37-43-49-59-81-77-67-75(79(63-69(77)7)83-61-51-45-39-35-29-23-17-11-3)57-55-73-65-72(54-48-42-32-26-20-14-6)74(66-71(73)53-47-41-31-25-19-13-5)56-58-76-68-78(82-60-50-44-38-34-28-22-16-10-2)70(8)64-80(76)84-62-52-46-40-36-30-24-18-12-4/h55-58,63-68H,9-54,59-62H2,1-8H3/b57-55+,58-56+. The van der Waals surface area contributed by atoms with E-state index in [0.717, 1.165) is 110 Å². The first-order valence-electron chi connectivity index (χ1n) is 36.7. The zero-order valence-corrected chi connectivity index (χ0v) is 56.8. The third-order valence-electron chi connectivity index (χ3n) is 17.5. The van der Waals surface area contributed by atoms with Gasteiger partial charge in [-0.3, -0.25) is 0 Å². The summed E-state index contributed by atoms with van der Waals surface area (Å²) in [7, 11) is 0. The molecular weight excluding hydrogens is 1020 g/mol. The van der Waals surface area contributed by atoms with E-state index in [1.165, 1.54) is 279 Å². The monoisotopic (exact) mass is 1160 g/mol. The van der Waals surface area contributed by atoms with Crippen LogP contribution in [0.4, 0.5) is 0 Å². The van der Waals surface area contributed by atoms with Crippen molar-refractivity contribution in [1.82, 2.24) is 0 Å². The number of unbranched alkanes of at least 4 members (excludes halogenated alkanes) is 38. The molecule has 0 saturated heterocycles. The van der Waals surface area contributed by atoms with E-state index >= 15 is 0 Å². The highest BCUT2D eigenvalue weighted by Gasteiger charge is 2.14. The highest BCUT2D eigenvalue weighted by molar-refractivity contribution is 5.79. The number of ether oxygens (including phenoxy) is 4. The summed E-state index contributed by atoms with van der Waals surface area (Å²) in [5.74, 6) is 3.95. The Morgan fingerprint density at radius 3 is 0.702 bits per heavy atom. The van der Waals surface area contributed by atoms with Crippen LogP contribution in [0.15, 0.2) is 36.4 Å². The van der Waals surface area contributed by atoms with Crippen LogP contribution in [0.2, 0.25) is 0 Å². The average Bonchev–Trinajstić information content (AvgIpc) is 3.68. The Morgan fingerprint density at radius 1 is 0.226 bits per heavy atom. The summed E-state index contributed by atoms with van der Waals surface area (Å²) in [6.07, 6.45) is 68.6. The lowest BCUT2D eigenvalue weighted by Crippen LogP contribution is -2.03. The van der Waals surface area contributed by atoms with Gasteiger partial charge in [0.25, 0.3) is 0 Å². The second kappa shape index (κ2) is 52.5. The van der Waals surface area contributed by atoms with Crippen LogP contribution >= 0.6 is 0 Å². The highest BCUT2D eigenvalue weighted by Crippen LogP contribution is 2.35. The van der Waals surface area contributed by atoms with Crippen molar-refractivity contribution in [2.45, 2.75) is 351 Å². The van der Waals surface area contributed by atoms with Crippen molar-refractivity contribution in [3.8, 4) is 23.0 Å². The Bertz CT molecular complexity index is 1930. The molecule has 0 aromatic heterocycles. The third-order valence-corrected chi connectivity index (χ3v) is 17.5. The predicted molar refractivity (Wildman–Crippen MR) is 373 cm³/mol. The molecule has 478 valence electrons. The molecule has 0 radical (unpaired) electrons. The van der Waals surface area contributed by atoms with E-state index in [2.05, 4.69) is 116 Å². The molecule has 3 aromatic carbocycles. The summed E-state index contributed by atoms with van der Waals surface area (Å²) in [4.78, 5) is 0. The normalized spacial score (nSPS) is 11.7. The second-order valence-corrected chi connectivity index (χ2v) is 25.6. The van der Waals surface area contributed by atoms with Crippen molar-refractivity contribution in [1.29, 1.82) is 0 Å². The van der Waals surface area contributed by atoms with Crippen LogP contribution in [0.5, 0.6) is 23.0 Å². The topological polar surface area (TPSA) is 36.9 Å². The SMILES string of the molecule is CCCCCCCCCCOc1cc(/C=C/c2cc(CCCCCCCC)c(/C=C/c3cc(OCCCCCCCCCC)c(C)cc3OCCCCCCCCCC)cc2CCCCCCCC)c(OCCCCCCCCCC)cc1C. The lowest BCUT2D eigenvalue weighted by Gasteiger charge is -2.17. The quantitative estimate of drug-likeness (QED) is 0.0417. The van der Waals surface area contributed by atoms with Gasteiger partial charge in [0.15, 0.2) is 0 Å². The zero-order chi connectivity index (χ0) is 60.2. The first-order valence-corrected chi connectivity index (χ1v) is 36.7. The minimum Gasteiger partial charge on any atom is -0.493 e. The molecule has 4 nitrogen and oxygen atoms in total. The summed E-state index contributed by atoms with van der Waals surface area (Å²) >= 11 is 0. The van der Waals surface area contributed by atoms with Crippen LogP contribution in [-0.4, -0.2) is 26.4 Å². The van der Waals surface area contributed by atoms with Crippen molar-refractivity contribution in [3.05, 3.63) is 80.9 Å². The van der Waals surface area contributed by atoms with Gasteiger partial charge in [0, 0.05) is 11.1 Å². The third kappa shape index (κ3) is 35.8. The molecule has 0 aliphatic carbocycles. The van der Waals surface area contributed by atoms with Crippen LogP contribution in [0.1, 0.15) is 369 Å². The van der Waals surface area contributed by atoms with Gasteiger partial charge in [-0.15, -0.1) is 0 Å². The lowest BCUT2D eigenvalue weighted by atomic mass is 9.91. The molecule has 0 atom stereocenters. The fourth-order valence-electron chi connectivity index (χ4n) is 11.9. The van der Waals surface area contributed by atoms with Crippen LogP contribution in [0, 0.1) is 13.8 Å². The number of rotatable bonds is 58. The molecule has 0 bridgehead atoms. The van der Waals surface area contributed by atoms with Crippen molar-refractivity contribution in [3.63, 3.8) is 0 Å². The van der Waals surface area contributed by atoms with E-state index in [4.69, 9.17) is 18.9 Å². The van der Waals surface area contributed by atoms with Crippen LogP contribution in [-0.2, 0) is 12.8 Å². The van der Waals surface area contributed by atoms with E-state index < -0.39 is 0 Å². The van der Waals surface area contributed by atoms with Gasteiger partial charge in [0.05, 0.1) is 26.4 Å². The van der Waals surface area contributed by atoms with Crippen molar-refractivity contribution >= 4 is 24.3 Å². The van der Waals surface area contributed by atoms with Crippen molar-refractivity contribution in [2.75, 3.05) is 26.4 Å². The van der Waals surface area contributed by atoms with E-state index in [9.17, 15) is 0 Å². The van der Waals surface area contributed by atoms with Crippen LogP contribution < -0.4 is 18.9 Å². The molecule has 0 unspecified atom stereocenters. The van der Waals surface area contributed by atoms with E-state index in [1.54, 1.807) is 0 Å². The highest BCUT2D eigenvalue weighted by atomic mass is 16.5. The Morgan fingerprint density at radius 2 is 0.440 bits per heavy atom. The smallest absolute Gasteiger partial charge is 0.127 e. The number of hydrogen-bond acceptors (Lipinski definition) is 4. The first-order chi connectivity index (χ1) is 41.4. The summed E-state index contributed by atoms with van der Waals surface area (Å²) < 4.78 is 26.8. The minimum atomic E-state index is 0.750. The van der Waals surface area contributed by atoms with Gasteiger partial charge >= 0.3 is 0 Å². The van der Waals surface area contributed by atoms with Crippen molar-refractivity contribution < 1.29 is 18.9 Å². The molecule has 4 heteroatoms. The summed E-state index contributed by atoms with van der Waals surface area (Å²) in [5.41, 5.74) is 10.1. The lowest BCUT2D eigenvalue weighted by molar-refractivity contribution is 0.294. The van der Waals surface area contributed by atoms with Gasteiger partial charge in [-0.05, 0) is 123 Å². The maximum Gasteiger partial charge on any atom is 0.127 e. The Balaban J connectivity index is 2.07. The molecule has 0 heterocycles. The van der Waals surface area contributed by atoms with Crippen LogP contribution in [0.3, 0.4) is 0 Å². The summed E-state index contributed by atoms with van der Waals surface area (Å²) in [6, 6.07) is 14.2. The second-order valence-electron chi connectivity index (χ2n) is 25.6. The van der Waals surface area contributed by atoms with Gasteiger partial charge in [0.1, 0.15) is 23.0 Å². The molecule has 3 rings (SSSR count). The molecule has 3 aromatic rings. The first kappa shape index (κ1) is 74.6. The Labute approximate surface area is 521 Å². The van der Waals surface area contributed by atoms with Crippen LogP contribution in [0.25, 0.3) is 24.3 Å². The summed E-state index contributed by atoms with van der Waals surface area (Å²) in [6.45, 7) is 21.3. The minimum absolute atomic E-state index is 0.750. The van der Waals surface area contributed by atoms with Gasteiger partial charge in [-0.1, -0.05) is 322 Å². The number of aryl methyl sites for hydroxylation is 4. The molecule has 0 aliphatic heterocycles. The fourth-order valence-corrected chi connectivity index (χ4v) is 11.9. The Hall–Kier alpha value is -3.66.